The molecule has 1 heterocycles. The van der Waals surface area contributed by atoms with E-state index in [-0.39, 0.29) is 17.7 Å². The van der Waals surface area contributed by atoms with E-state index in [0.717, 1.165) is 51.2 Å². The standard InChI is InChI=1S/C18H24F2N2O/c1-2-21-11-12-5-7-22(8-6-12)18(23)16-10-14(16)15-9-13(19)3-4-17(15)20/h3-4,9,12,14,16,21H,2,5-8,10-11H2,1H3. The molecule has 5 heteroatoms. The molecule has 1 saturated heterocycles. The SMILES string of the molecule is CCNCC1CCN(C(=O)C2CC2c2cc(F)ccc2F)CC1. The Morgan fingerprint density at radius 2 is 2.04 bits per heavy atom. The predicted molar refractivity (Wildman–Crippen MR) is 85.1 cm³/mol. The zero-order valence-electron chi connectivity index (χ0n) is 13.5. The van der Waals surface area contributed by atoms with Crippen LogP contribution >= 0.6 is 0 Å². The smallest absolute Gasteiger partial charge is 0.226 e. The van der Waals surface area contributed by atoms with Gasteiger partial charge in [0.05, 0.1) is 0 Å². The number of rotatable bonds is 5. The highest BCUT2D eigenvalue weighted by atomic mass is 19.1. The molecule has 2 atom stereocenters. The van der Waals surface area contributed by atoms with Gasteiger partial charge in [-0.25, -0.2) is 8.78 Å². The number of nitrogens with one attached hydrogen (secondary N) is 1. The molecule has 0 radical (unpaired) electrons. The summed E-state index contributed by atoms with van der Waals surface area (Å²) >= 11 is 0. The molecule has 0 bridgehead atoms. The molecule has 3 rings (SSSR count). The lowest BCUT2D eigenvalue weighted by Crippen LogP contribution is -2.41. The first-order valence-corrected chi connectivity index (χ1v) is 8.54. The van der Waals surface area contributed by atoms with Crippen molar-refractivity contribution in [3.8, 4) is 0 Å². The molecule has 1 N–H and O–H groups in total. The number of carbonyl (C=O) groups excluding carboxylic acids is 1. The summed E-state index contributed by atoms with van der Waals surface area (Å²) in [5.41, 5.74) is 0.352. The van der Waals surface area contributed by atoms with E-state index in [1.807, 2.05) is 4.90 Å². The first kappa shape index (κ1) is 16.4. The average Bonchev–Trinajstić information content (AvgIpc) is 3.35. The van der Waals surface area contributed by atoms with E-state index in [1.54, 1.807) is 0 Å². The van der Waals surface area contributed by atoms with E-state index in [9.17, 15) is 13.6 Å². The average molecular weight is 322 g/mol. The second-order valence-electron chi connectivity index (χ2n) is 6.69. The highest BCUT2D eigenvalue weighted by Crippen LogP contribution is 2.49. The monoisotopic (exact) mass is 322 g/mol. The fourth-order valence-electron chi connectivity index (χ4n) is 3.55. The maximum Gasteiger partial charge on any atom is 0.226 e. The molecule has 1 aliphatic carbocycles. The van der Waals surface area contributed by atoms with Crippen molar-refractivity contribution in [1.29, 1.82) is 0 Å². The Kier molecular flexibility index (Phi) is 4.95. The summed E-state index contributed by atoms with van der Waals surface area (Å²) in [6.45, 7) is 5.64. The topological polar surface area (TPSA) is 32.3 Å². The summed E-state index contributed by atoms with van der Waals surface area (Å²) in [6.07, 6.45) is 2.67. The van der Waals surface area contributed by atoms with Gasteiger partial charge in [0.2, 0.25) is 5.91 Å². The van der Waals surface area contributed by atoms with E-state index in [4.69, 9.17) is 0 Å². The summed E-state index contributed by atoms with van der Waals surface area (Å²) in [5.74, 6) is -0.427. The fourth-order valence-corrected chi connectivity index (χ4v) is 3.55. The number of halogens is 2. The molecular weight excluding hydrogens is 298 g/mol. The lowest BCUT2D eigenvalue weighted by molar-refractivity contribution is -0.134. The summed E-state index contributed by atoms with van der Waals surface area (Å²) in [4.78, 5) is 14.5. The van der Waals surface area contributed by atoms with Gasteiger partial charge in [-0.1, -0.05) is 6.92 Å². The van der Waals surface area contributed by atoms with Gasteiger partial charge in [-0.05, 0) is 68.0 Å². The van der Waals surface area contributed by atoms with Crippen LogP contribution in [0.1, 0.15) is 37.7 Å². The molecule has 2 aliphatic rings. The molecule has 1 aromatic rings. The molecule has 1 amide bonds. The summed E-state index contributed by atoms with van der Waals surface area (Å²) < 4.78 is 27.1. The van der Waals surface area contributed by atoms with E-state index in [0.29, 0.717) is 17.9 Å². The quantitative estimate of drug-likeness (QED) is 0.904. The summed E-state index contributed by atoms with van der Waals surface area (Å²) in [5, 5.41) is 3.36. The minimum atomic E-state index is -0.441. The maximum atomic E-state index is 13.8. The molecule has 2 unspecified atom stereocenters. The third kappa shape index (κ3) is 3.71. The molecule has 0 spiro atoms. The Morgan fingerprint density at radius 3 is 2.74 bits per heavy atom. The Balaban J connectivity index is 1.54. The van der Waals surface area contributed by atoms with Crippen molar-refractivity contribution in [3.63, 3.8) is 0 Å². The highest BCUT2D eigenvalue weighted by Gasteiger charge is 2.47. The van der Waals surface area contributed by atoms with Gasteiger partial charge in [0.25, 0.3) is 0 Å². The maximum absolute atomic E-state index is 13.8. The second-order valence-corrected chi connectivity index (χ2v) is 6.69. The lowest BCUT2D eigenvalue weighted by Gasteiger charge is -2.32. The van der Waals surface area contributed by atoms with Crippen LogP contribution in [0.15, 0.2) is 18.2 Å². The molecule has 126 valence electrons. The predicted octanol–water partition coefficient (Wildman–Crippen LogP) is 2.92. The number of nitrogens with zero attached hydrogens (tertiary/aromatic N) is 1. The van der Waals surface area contributed by atoms with Gasteiger partial charge in [0, 0.05) is 19.0 Å². The zero-order chi connectivity index (χ0) is 16.4. The molecule has 1 aliphatic heterocycles. The third-order valence-corrected chi connectivity index (χ3v) is 5.07. The van der Waals surface area contributed by atoms with Gasteiger partial charge in [-0.3, -0.25) is 4.79 Å². The first-order valence-electron chi connectivity index (χ1n) is 8.54. The van der Waals surface area contributed by atoms with Crippen molar-refractivity contribution < 1.29 is 13.6 Å². The fraction of sp³-hybridized carbons (Fsp3) is 0.611. The van der Waals surface area contributed by atoms with E-state index < -0.39 is 11.6 Å². The summed E-state index contributed by atoms with van der Waals surface area (Å²) in [7, 11) is 0. The van der Waals surface area contributed by atoms with E-state index in [1.165, 1.54) is 6.07 Å². The number of hydrogen-bond acceptors (Lipinski definition) is 2. The van der Waals surface area contributed by atoms with Crippen molar-refractivity contribution in [1.82, 2.24) is 10.2 Å². The molecule has 2 fully saturated rings. The first-order chi connectivity index (χ1) is 11.1. The zero-order valence-corrected chi connectivity index (χ0v) is 13.5. The number of likely N-dealkylation sites (tertiary alicyclic amines) is 1. The normalized spacial score (nSPS) is 24.7. The van der Waals surface area contributed by atoms with Gasteiger partial charge < -0.3 is 10.2 Å². The van der Waals surface area contributed by atoms with Gasteiger partial charge >= 0.3 is 0 Å². The van der Waals surface area contributed by atoms with Crippen LogP contribution in [0.25, 0.3) is 0 Å². The number of piperidine rings is 1. The third-order valence-electron chi connectivity index (χ3n) is 5.07. The van der Waals surface area contributed by atoms with E-state index >= 15 is 0 Å². The molecule has 23 heavy (non-hydrogen) atoms. The van der Waals surface area contributed by atoms with Crippen molar-refractivity contribution >= 4 is 5.91 Å². The van der Waals surface area contributed by atoms with Gasteiger partial charge in [-0.15, -0.1) is 0 Å². The van der Waals surface area contributed by atoms with Crippen LogP contribution in [-0.4, -0.2) is 37.0 Å². The Hall–Kier alpha value is -1.49. The molecule has 0 aromatic heterocycles. The van der Waals surface area contributed by atoms with Crippen LogP contribution in [0.4, 0.5) is 8.78 Å². The molecule has 1 aromatic carbocycles. The van der Waals surface area contributed by atoms with Crippen LogP contribution in [0.5, 0.6) is 0 Å². The van der Waals surface area contributed by atoms with Crippen molar-refractivity contribution in [2.75, 3.05) is 26.2 Å². The van der Waals surface area contributed by atoms with Gasteiger partial charge in [0.1, 0.15) is 11.6 Å². The number of carbonyl (C=O) groups is 1. The van der Waals surface area contributed by atoms with Crippen LogP contribution < -0.4 is 5.32 Å². The summed E-state index contributed by atoms with van der Waals surface area (Å²) in [6, 6.07) is 3.50. The van der Waals surface area contributed by atoms with Crippen LogP contribution in [0.2, 0.25) is 0 Å². The Bertz CT molecular complexity index is 570. The van der Waals surface area contributed by atoms with E-state index in [2.05, 4.69) is 12.2 Å². The second kappa shape index (κ2) is 6.95. The van der Waals surface area contributed by atoms with Gasteiger partial charge in [-0.2, -0.15) is 0 Å². The lowest BCUT2D eigenvalue weighted by atomic mass is 9.96. The molecule has 1 saturated carbocycles. The number of hydrogen-bond donors (Lipinski definition) is 1. The molecule has 3 nitrogen and oxygen atoms in total. The van der Waals surface area contributed by atoms with Crippen LogP contribution in [0, 0.1) is 23.5 Å². The van der Waals surface area contributed by atoms with Crippen LogP contribution in [0.3, 0.4) is 0 Å². The number of amides is 1. The Morgan fingerprint density at radius 1 is 1.30 bits per heavy atom. The van der Waals surface area contributed by atoms with Crippen molar-refractivity contribution in [2.45, 2.75) is 32.1 Å². The van der Waals surface area contributed by atoms with Crippen molar-refractivity contribution in [2.24, 2.45) is 11.8 Å². The highest BCUT2D eigenvalue weighted by molar-refractivity contribution is 5.83. The largest absolute Gasteiger partial charge is 0.342 e. The van der Waals surface area contributed by atoms with Crippen LogP contribution in [-0.2, 0) is 4.79 Å². The minimum Gasteiger partial charge on any atom is -0.342 e. The minimum absolute atomic E-state index is 0.112. The molecular formula is C18H24F2N2O. The van der Waals surface area contributed by atoms with Gasteiger partial charge in [0.15, 0.2) is 0 Å². The van der Waals surface area contributed by atoms with Crippen molar-refractivity contribution in [3.05, 3.63) is 35.4 Å². The Labute approximate surface area is 136 Å². The number of benzene rings is 1.